The standard InChI is InChI=1S/C17H24N2O/c1-3-17(20,4-2)12-19-10-9-14-13-7-5-6-8-15(13)18-16(14)11-19/h5-8,18,20H,3-4,9-12H2,1-2H3. The molecule has 1 aliphatic heterocycles. The number of nitrogens with zero attached hydrogens (tertiary/aromatic N) is 1. The number of aromatic amines is 1. The number of hydrogen-bond donors (Lipinski definition) is 2. The van der Waals surface area contributed by atoms with Gasteiger partial charge in [-0.25, -0.2) is 0 Å². The molecule has 0 bridgehead atoms. The third-order valence-corrected chi connectivity index (χ3v) is 4.80. The van der Waals surface area contributed by atoms with Crippen LogP contribution in [0.15, 0.2) is 24.3 Å². The van der Waals surface area contributed by atoms with E-state index in [1.807, 2.05) is 0 Å². The van der Waals surface area contributed by atoms with Gasteiger partial charge in [-0.15, -0.1) is 0 Å². The van der Waals surface area contributed by atoms with Crippen LogP contribution in [-0.4, -0.2) is 33.7 Å². The number of H-pyrrole nitrogens is 1. The van der Waals surface area contributed by atoms with Crippen LogP contribution in [0.4, 0.5) is 0 Å². The van der Waals surface area contributed by atoms with Crippen molar-refractivity contribution in [2.75, 3.05) is 13.1 Å². The molecule has 2 N–H and O–H groups in total. The molecule has 0 saturated carbocycles. The Bertz CT molecular complexity index is 598. The number of aliphatic hydroxyl groups is 1. The number of aromatic nitrogens is 1. The Kier molecular flexibility index (Phi) is 3.57. The van der Waals surface area contributed by atoms with Crippen molar-refractivity contribution in [2.24, 2.45) is 0 Å². The lowest BCUT2D eigenvalue weighted by molar-refractivity contribution is -0.00707. The maximum Gasteiger partial charge on any atom is 0.0769 e. The second kappa shape index (κ2) is 5.23. The first-order valence-electron chi connectivity index (χ1n) is 7.68. The van der Waals surface area contributed by atoms with Crippen molar-refractivity contribution in [2.45, 2.75) is 45.3 Å². The Hall–Kier alpha value is -1.32. The van der Waals surface area contributed by atoms with Gasteiger partial charge in [0.1, 0.15) is 0 Å². The molecule has 1 aliphatic rings. The molecule has 3 rings (SSSR count). The van der Waals surface area contributed by atoms with Gasteiger partial charge >= 0.3 is 0 Å². The summed E-state index contributed by atoms with van der Waals surface area (Å²) in [4.78, 5) is 5.92. The highest BCUT2D eigenvalue weighted by atomic mass is 16.3. The molecule has 108 valence electrons. The van der Waals surface area contributed by atoms with E-state index >= 15 is 0 Å². The molecule has 0 aliphatic carbocycles. The van der Waals surface area contributed by atoms with Crippen LogP contribution in [0.5, 0.6) is 0 Å². The van der Waals surface area contributed by atoms with E-state index in [0.29, 0.717) is 0 Å². The monoisotopic (exact) mass is 272 g/mol. The van der Waals surface area contributed by atoms with E-state index < -0.39 is 5.60 Å². The summed E-state index contributed by atoms with van der Waals surface area (Å²) < 4.78 is 0. The second-order valence-corrected chi connectivity index (χ2v) is 6.02. The first-order valence-corrected chi connectivity index (χ1v) is 7.68. The van der Waals surface area contributed by atoms with E-state index in [4.69, 9.17) is 0 Å². The van der Waals surface area contributed by atoms with Gasteiger partial charge in [-0.1, -0.05) is 32.0 Å². The minimum Gasteiger partial charge on any atom is -0.389 e. The highest BCUT2D eigenvalue weighted by molar-refractivity contribution is 5.84. The molecule has 3 nitrogen and oxygen atoms in total. The number of fused-ring (bicyclic) bond motifs is 3. The highest BCUT2D eigenvalue weighted by Gasteiger charge is 2.28. The smallest absolute Gasteiger partial charge is 0.0769 e. The summed E-state index contributed by atoms with van der Waals surface area (Å²) in [6, 6.07) is 8.53. The zero-order chi connectivity index (χ0) is 14.2. The molecule has 0 radical (unpaired) electrons. The summed E-state index contributed by atoms with van der Waals surface area (Å²) in [6.07, 6.45) is 2.71. The Morgan fingerprint density at radius 2 is 2.00 bits per heavy atom. The molecule has 0 amide bonds. The summed E-state index contributed by atoms with van der Waals surface area (Å²) in [5.74, 6) is 0. The Morgan fingerprint density at radius 3 is 2.75 bits per heavy atom. The Labute approximate surface area is 120 Å². The van der Waals surface area contributed by atoms with Gasteiger partial charge in [0.15, 0.2) is 0 Å². The summed E-state index contributed by atoms with van der Waals surface area (Å²) in [7, 11) is 0. The molecule has 1 aromatic heterocycles. The van der Waals surface area contributed by atoms with Gasteiger partial charge in [0.25, 0.3) is 0 Å². The summed E-state index contributed by atoms with van der Waals surface area (Å²) in [5, 5.41) is 11.9. The topological polar surface area (TPSA) is 39.3 Å². The van der Waals surface area contributed by atoms with Crippen molar-refractivity contribution >= 4 is 10.9 Å². The molecule has 0 saturated heterocycles. The molecule has 0 atom stereocenters. The Balaban J connectivity index is 1.82. The van der Waals surface area contributed by atoms with E-state index in [-0.39, 0.29) is 0 Å². The first kappa shape index (κ1) is 13.7. The van der Waals surface area contributed by atoms with Gasteiger partial charge in [0.2, 0.25) is 0 Å². The molecular formula is C17H24N2O. The fourth-order valence-corrected chi connectivity index (χ4v) is 3.27. The second-order valence-electron chi connectivity index (χ2n) is 6.02. The maximum absolute atomic E-state index is 10.5. The van der Waals surface area contributed by atoms with Crippen LogP contribution < -0.4 is 0 Å². The van der Waals surface area contributed by atoms with Crippen LogP contribution in [0.1, 0.15) is 37.9 Å². The first-order chi connectivity index (χ1) is 9.65. The normalized spacial score (nSPS) is 16.6. The van der Waals surface area contributed by atoms with Crippen LogP contribution in [0.2, 0.25) is 0 Å². The van der Waals surface area contributed by atoms with Crippen LogP contribution in [0.25, 0.3) is 10.9 Å². The number of hydrogen-bond acceptors (Lipinski definition) is 2. The predicted octanol–water partition coefficient (Wildman–Crippen LogP) is 3.08. The summed E-state index contributed by atoms with van der Waals surface area (Å²) in [6.45, 7) is 6.88. The third-order valence-electron chi connectivity index (χ3n) is 4.80. The van der Waals surface area contributed by atoms with Gasteiger partial charge < -0.3 is 10.1 Å². The van der Waals surface area contributed by atoms with E-state index in [1.54, 1.807) is 0 Å². The lowest BCUT2D eigenvalue weighted by Gasteiger charge is -2.35. The molecule has 3 heteroatoms. The molecule has 0 unspecified atom stereocenters. The number of rotatable bonds is 4. The predicted molar refractivity (Wildman–Crippen MR) is 82.8 cm³/mol. The molecule has 2 aromatic rings. The quantitative estimate of drug-likeness (QED) is 0.898. The highest BCUT2D eigenvalue weighted by Crippen LogP contribution is 2.28. The van der Waals surface area contributed by atoms with E-state index in [9.17, 15) is 5.11 Å². The molecule has 1 aromatic carbocycles. The number of benzene rings is 1. The molecule has 20 heavy (non-hydrogen) atoms. The zero-order valence-corrected chi connectivity index (χ0v) is 12.4. The largest absolute Gasteiger partial charge is 0.389 e. The van der Waals surface area contributed by atoms with Crippen molar-refractivity contribution in [3.8, 4) is 0 Å². The van der Waals surface area contributed by atoms with Gasteiger partial charge in [-0.3, -0.25) is 4.90 Å². The number of β-amino-alcohol motifs (C(OH)–C–C–N with tert-alkyl or cyclic N) is 1. The molecule has 0 spiro atoms. The van der Waals surface area contributed by atoms with Gasteiger partial charge in [-0.05, 0) is 30.9 Å². The SMILES string of the molecule is CCC(O)(CC)CN1CCc2c([nH]c3ccccc23)C1. The van der Waals surface area contributed by atoms with Gasteiger partial charge in [0, 0.05) is 36.2 Å². The lowest BCUT2D eigenvalue weighted by atomic mass is 9.95. The van der Waals surface area contributed by atoms with Crippen LogP contribution in [0.3, 0.4) is 0 Å². The average molecular weight is 272 g/mol. The lowest BCUT2D eigenvalue weighted by Crippen LogP contribution is -2.44. The van der Waals surface area contributed by atoms with Crippen LogP contribution in [0, 0.1) is 0 Å². The van der Waals surface area contributed by atoms with Crippen molar-refractivity contribution < 1.29 is 5.11 Å². The van der Waals surface area contributed by atoms with E-state index in [0.717, 1.165) is 38.9 Å². The van der Waals surface area contributed by atoms with E-state index in [1.165, 1.54) is 22.2 Å². The molecular weight excluding hydrogens is 248 g/mol. The Morgan fingerprint density at radius 1 is 1.25 bits per heavy atom. The van der Waals surface area contributed by atoms with Gasteiger partial charge in [0.05, 0.1) is 5.60 Å². The fourth-order valence-electron chi connectivity index (χ4n) is 3.27. The zero-order valence-electron chi connectivity index (χ0n) is 12.4. The summed E-state index contributed by atoms with van der Waals surface area (Å²) in [5.41, 5.74) is 3.49. The van der Waals surface area contributed by atoms with E-state index in [2.05, 4.69) is 48.0 Å². The van der Waals surface area contributed by atoms with Crippen LogP contribution in [-0.2, 0) is 13.0 Å². The van der Waals surface area contributed by atoms with Crippen LogP contribution >= 0.6 is 0 Å². The minimum atomic E-state index is -0.538. The summed E-state index contributed by atoms with van der Waals surface area (Å²) >= 11 is 0. The number of para-hydroxylation sites is 1. The molecule has 0 fully saturated rings. The fraction of sp³-hybridized carbons (Fsp3) is 0.529. The van der Waals surface area contributed by atoms with Crippen molar-refractivity contribution in [1.82, 2.24) is 9.88 Å². The average Bonchev–Trinajstić information content (AvgIpc) is 2.84. The van der Waals surface area contributed by atoms with Crippen molar-refractivity contribution in [3.05, 3.63) is 35.5 Å². The van der Waals surface area contributed by atoms with Crippen molar-refractivity contribution in [3.63, 3.8) is 0 Å². The third kappa shape index (κ3) is 2.36. The number of nitrogens with one attached hydrogen (secondary N) is 1. The molecule has 2 heterocycles. The maximum atomic E-state index is 10.5. The van der Waals surface area contributed by atoms with Gasteiger partial charge in [-0.2, -0.15) is 0 Å². The van der Waals surface area contributed by atoms with Crippen molar-refractivity contribution in [1.29, 1.82) is 0 Å². The minimum absolute atomic E-state index is 0.538.